The highest BCUT2D eigenvalue weighted by Crippen LogP contribution is 2.41. The summed E-state index contributed by atoms with van der Waals surface area (Å²) in [6, 6.07) is 84.7. The molecule has 0 spiro atoms. The summed E-state index contributed by atoms with van der Waals surface area (Å²) in [5.74, 6) is 0. The molecule has 10 aromatic carbocycles. The van der Waals surface area contributed by atoms with Crippen molar-refractivity contribution in [1.29, 1.82) is 0 Å². The van der Waals surface area contributed by atoms with Gasteiger partial charge in [-0.05, 0) is 90.0 Å². The number of para-hydroxylation sites is 6. The predicted molar refractivity (Wildman–Crippen MR) is 269 cm³/mol. The second-order valence-corrected chi connectivity index (χ2v) is 17.0. The van der Waals surface area contributed by atoms with Crippen molar-refractivity contribution in [3.05, 3.63) is 231 Å². The molecule has 0 unspecified atom stereocenters. The van der Waals surface area contributed by atoms with Crippen LogP contribution in [0, 0.1) is 0 Å². The first-order valence-electron chi connectivity index (χ1n) is 22.0. The van der Waals surface area contributed by atoms with Crippen LogP contribution in [0.2, 0.25) is 0 Å². The zero-order valence-electron chi connectivity index (χ0n) is 34.7. The molecule has 0 N–H and O–H groups in total. The highest BCUT2D eigenvalue weighted by molar-refractivity contribution is 6.14. The van der Waals surface area contributed by atoms with E-state index in [4.69, 9.17) is 0 Å². The Bertz CT molecular complexity index is 3840. The Hall–Kier alpha value is -8.60. The quantitative estimate of drug-likeness (QED) is 0.165. The van der Waals surface area contributed by atoms with Gasteiger partial charge in [-0.15, -0.1) is 0 Å². The van der Waals surface area contributed by atoms with E-state index in [0.29, 0.717) is 0 Å². The molecule has 0 radical (unpaired) electrons. The average molecular weight is 815 g/mol. The average Bonchev–Trinajstić information content (AvgIpc) is 4.09. The van der Waals surface area contributed by atoms with Crippen molar-refractivity contribution in [1.82, 2.24) is 18.3 Å². The van der Waals surface area contributed by atoms with Crippen molar-refractivity contribution < 1.29 is 0 Å². The van der Waals surface area contributed by atoms with Crippen molar-refractivity contribution in [2.75, 3.05) is 0 Å². The van der Waals surface area contributed by atoms with Crippen LogP contribution in [0.15, 0.2) is 231 Å². The first-order chi connectivity index (χ1) is 31.8. The Morgan fingerprint density at radius 3 is 0.797 bits per heavy atom. The molecule has 14 rings (SSSR count). The number of hydrogen-bond acceptors (Lipinski definition) is 0. The summed E-state index contributed by atoms with van der Waals surface area (Å²) in [6.07, 6.45) is 0. The third-order valence-corrected chi connectivity index (χ3v) is 13.5. The van der Waals surface area contributed by atoms with E-state index in [1.54, 1.807) is 0 Å². The van der Waals surface area contributed by atoms with E-state index in [1.165, 1.54) is 81.8 Å². The lowest BCUT2D eigenvalue weighted by atomic mass is 10.0. The molecule has 0 amide bonds. The summed E-state index contributed by atoms with van der Waals surface area (Å²) in [6.45, 7) is 0. The van der Waals surface area contributed by atoms with Crippen LogP contribution in [0.1, 0.15) is 0 Å². The smallest absolute Gasteiger partial charge is 0.0561 e. The molecule has 4 nitrogen and oxygen atoms in total. The van der Waals surface area contributed by atoms with Crippen molar-refractivity contribution in [3.8, 4) is 33.9 Å². The molecule has 14 aromatic rings. The van der Waals surface area contributed by atoms with Gasteiger partial charge in [-0.2, -0.15) is 0 Å². The molecule has 0 bridgehead atoms. The van der Waals surface area contributed by atoms with E-state index in [-0.39, 0.29) is 0 Å². The van der Waals surface area contributed by atoms with Crippen molar-refractivity contribution in [3.63, 3.8) is 0 Å². The van der Waals surface area contributed by atoms with E-state index in [9.17, 15) is 0 Å². The van der Waals surface area contributed by atoms with Gasteiger partial charge in [0, 0.05) is 65.8 Å². The zero-order chi connectivity index (χ0) is 41.9. The summed E-state index contributed by atoms with van der Waals surface area (Å²) >= 11 is 0. The molecular formula is C60H38N4. The summed E-state index contributed by atoms with van der Waals surface area (Å²) in [5.41, 5.74) is 16.3. The van der Waals surface area contributed by atoms with Crippen LogP contribution in [0.25, 0.3) is 121 Å². The van der Waals surface area contributed by atoms with Gasteiger partial charge in [0.2, 0.25) is 0 Å². The van der Waals surface area contributed by atoms with Crippen LogP contribution in [-0.4, -0.2) is 18.3 Å². The lowest BCUT2D eigenvalue weighted by molar-refractivity contribution is 1.12. The minimum atomic E-state index is 1.10. The van der Waals surface area contributed by atoms with Gasteiger partial charge in [0.25, 0.3) is 0 Å². The monoisotopic (exact) mass is 814 g/mol. The SMILES string of the molecule is c1ccc(-c2cc(-n3c4ccccc4c4ccc(-n5c6ccccc6c6ccccc65)cc43)cc(-n3c4ccccc4c4ccc(-n5c6ccccc6c6ccccc65)cc43)c2)cc1. The third-order valence-electron chi connectivity index (χ3n) is 13.5. The normalized spacial score (nSPS) is 12.1. The standard InChI is InChI=1S/C60H38N4/c1-2-16-39(17-3-1)40-34-43(63-57-28-14-8-22-49(57)51-32-30-41(37-59(51)63)61-53-24-10-4-18-45(53)46-19-5-11-25-54(46)61)36-44(35-40)64-58-29-15-9-23-50(58)52-33-31-42(38-60(52)64)62-55-26-12-6-20-47(55)48-21-7-13-27-56(48)62/h1-38H. The fourth-order valence-corrected chi connectivity index (χ4v) is 10.8. The molecule has 0 atom stereocenters. The van der Waals surface area contributed by atoms with E-state index >= 15 is 0 Å². The molecule has 0 aliphatic heterocycles. The number of aromatic nitrogens is 4. The van der Waals surface area contributed by atoms with Crippen LogP contribution in [-0.2, 0) is 0 Å². The number of benzene rings is 10. The maximum Gasteiger partial charge on any atom is 0.0561 e. The molecular weight excluding hydrogens is 777 g/mol. The summed E-state index contributed by atoms with van der Waals surface area (Å²) in [7, 11) is 0. The lowest BCUT2D eigenvalue weighted by Gasteiger charge is -2.17. The topological polar surface area (TPSA) is 19.7 Å². The molecule has 0 saturated carbocycles. The van der Waals surface area contributed by atoms with Gasteiger partial charge in [-0.1, -0.05) is 152 Å². The Morgan fingerprint density at radius 2 is 0.453 bits per heavy atom. The Balaban J connectivity index is 1.06. The van der Waals surface area contributed by atoms with Crippen LogP contribution in [0.5, 0.6) is 0 Å². The second kappa shape index (κ2) is 13.4. The fourth-order valence-electron chi connectivity index (χ4n) is 10.8. The van der Waals surface area contributed by atoms with E-state index < -0.39 is 0 Å². The van der Waals surface area contributed by atoms with Gasteiger partial charge in [0.1, 0.15) is 0 Å². The fraction of sp³-hybridized carbons (Fsp3) is 0. The zero-order valence-corrected chi connectivity index (χ0v) is 34.7. The first-order valence-corrected chi connectivity index (χ1v) is 22.0. The largest absolute Gasteiger partial charge is 0.309 e. The number of hydrogen-bond donors (Lipinski definition) is 0. The maximum atomic E-state index is 2.48. The molecule has 4 heteroatoms. The third kappa shape index (κ3) is 4.99. The van der Waals surface area contributed by atoms with Gasteiger partial charge >= 0.3 is 0 Å². The summed E-state index contributed by atoms with van der Waals surface area (Å²) in [4.78, 5) is 0. The molecule has 64 heavy (non-hydrogen) atoms. The van der Waals surface area contributed by atoms with Gasteiger partial charge in [-0.25, -0.2) is 0 Å². The molecule has 298 valence electrons. The van der Waals surface area contributed by atoms with Crippen molar-refractivity contribution >= 4 is 87.2 Å². The maximum absolute atomic E-state index is 2.48. The lowest BCUT2D eigenvalue weighted by Crippen LogP contribution is -2.01. The Labute approximate surface area is 368 Å². The van der Waals surface area contributed by atoms with Crippen LogP contribution < -0.4 is 0 Å². The second-order valence-electron chi connectivity index (χ2n) is 17.0. The van der Waals surface area contributed by atoms with Gasteiger partial charge in [0.15, 0.2) is 0 Å². The molecule has 0 aliphatic rings. The van der Waals surface area contributed by atoms with E-state index in [0.717, 1.165) is 39.3 Å². The number of rotatable bonds is 5. The van der Waals surface area contributed by atoms with Crippen molar-refractivity contribution in [2.45, 2.75) is 0 Å². The van der Waals surface area contributed by atoms with Gasteiger partial charge in [0.05, 0.1) is 44.1 Å². The van der Waals surface area contributed by atoms with E-state index in [2.05, 4.69) is 249 Å². The minimum Gasteiger partial charge on any atom is -0.309 e. The molecule has 4 aromatic heterocycles. The highest BCUT2D eigenvalue weighted by Gasteiger charge is 2.21. The van der Waals surface area contributed by atoms with Crippen molar-refractivity contribution in [2.24, 2.45) is 0 Å². The predicted octanol–water partition coefficient (Wildman–Crippen LogP) is 15.7. The van der Waals surface area contributed by atoms with Gasteiger partial charge in [-0.3, -0.25) is 0 Å². The Morgan fingerprint density at radius 1 is 0.172 bits per heavy atom. The summed E-state index contributed by atoms with van der Waals surface area (Å²) in [5, 5.41) is 9.92. The summed E-state index contributed by atoms with van der Waals surface area (Å²) < 4.78 is 9.81. The van der Waals surface area contributed by atoms with Crippen LogP contribution in [0.3, 0.4) is 0 Å². The van der Waals surface area contributed by atoms with Crippen LogP contribution in [0.4, 0.5) is 0 Å². The van der Waals surface area contributed by atoms with Crippen LogP contribution >= 0.6 is 0 Å². The highest BCUT2D eigenvalue weighted by atomic mass is 15.0. The first kappa shape index (κ1) is 35.0. The van der Waals surface area contributed by atoms with E-state index in [1.807, 2.05) is 0 Å². The molecule has 0 aliphatic carbocycles. The van der Waals surface area contributed by atoms with Gasteiger partial charge < -0.3 is 18.3 Å². The number of fused-ring (bicyclic) bond motifs is 12. The minimum absolute atomic E-state index is 1.10. The molecule has 4 heterocycles. The number of nitrogens with zero attached hydrogens (tertiary/aromatic N) is 4. The Kier molecular flexibility index (Phi) is 7.36. The molecule has 0 fully saturated rings. The molecule has 0 saturated heterocycles.